The largest absolute Gasteiger partial charge is 0.304 e. The number of fused-ring (bicyclic) bond motifs is 12. The molecule has 0 amide bonds. The molecule has 3 rings (SSSR count). The fourth-order valence-electron chi connectivity index (χ4n) is 2.95. The summed E-state index contributed by atoms with van der Waals surface area (Å²) in [6, 6.07) is 0. The van der Waals surface area contributed by atoms with Crippen LogP contribution in [0.5, 0.6) is 0 Å². The van der Waals surface area contributed by atoms with Crippen molar-refractivity contribution in [3.05, 3.63) is 0 Å². The maximum absolute atomic E-state index is 6.69. The van der Waals surface area contributed by atoms with Crippen molar-refractivity contribution in [1.82, 2.24) is 24.5 Å². The molecule has 0 aromatic rings. The molecule has 3 aliphatic heterocycles. The van der Waals surface area contributed by atoms with Gasteiger partial charge in [-0.05, 0) is 21.1 Å². The van der Waals surface area contributed by atoms with Gasteiger partial charge in [0, 0.05) is 89.1 Å². The second kappa shape index (κ2) is 10.5. The van der Waals surface area contributed by atoms with Crippen LogP contribution in [-0.4, -0.2) is 123 Å². The minimum absolute atomic E-state index is 0. The van der Waals surface area contributed by atoms with E-state index in [-0.39, 0.29) is 22.6 Å². The van der Waals surface area contributed by atoms with E-state index in [1.54, 1.807) is 0 Å². The van der Waals surface area contributed by atoms with Gasteiger partial charge in [-0.2, -0.15) is 0 Å². The summed E-state index contributed by atoms with van der Waals surface area (Å²) in [7, 11) is 6.66. The number of halogens is 1. The van der Waals surface area contributed by atoms with Crippen LogP contribution in [0, 0.1) is 0 Å². The molecule has 0 N–H and O–H groups in total. The van der Waals surface area contributed by atoms with Gasteiger partial charge in [0.05, 0.1) is 5.50 Å². The smallest absolute Gasteiger partial charge is 0.0979 e. The number of alkyl halides is 1. The number of hydrogen-bond donors (Lipinski definition) is 0. The van der Waals surface area contributed by atoms with E-state index in [0.717, 1.165) is 58.9 Å². The first-order valence-electron chi connectivity index (χ1n) is 8.20. The maximum Gasteiger partial charge on any atom is 0.0979 e. The molecule has 3 heterocycles. The van der Waals surface area contributed by atoms with Crippen LogP contribution < -0.4 is 0 Å². The van der Waals surface area contributed by atoms with E-state index < -0.39 is 0 Å². The molecular formula is C15H32ClMnN5. The third-order valence-corrected chi connectivity index (χ3v) is 5.20. The molecule has 2 bridgehead atoms. The Morgan fingerprint density at radius 2 is 1.05 bits per heavy atom. The Kier molecular flexibility index (Phi) is 9.83. The molecule has 3 aliphatic rings. The third kappa shape index (κ3) is 7.02. The Bertz CT molecular complexity index is 292. The molecule has 0 aliphatic carbocycles. The van der Waals surface area contributed by atoms with Crippen molar-refractivity contribution in [2.45, 2.75) is 5.50 Å². The van der Waals surface area contributed by atoms with Crippen LogP contribution in [-0.2, 0) is 17.1 Å². The van der Waals surface area contributed by atoms with Gasteiger partial charge < -0.3 is 14.7 Å². The van der Waals surface area contributed by atoms with Gasteiger partial charge >= 0.3 is 0 Å². The zero-order valence-electron chi connectivity index (χ0n) is 14.3. The Labute approximate surface area is 152 Å². The summed E-state index contributed by atoms with van der Waals surface area (Å²) in [5, 5.41) is 0. The van der Waals surface area contributed by atoms with Crippen molar-refractivity contribution in [1.29, 1.82) is 0 Å². The van der Waals surface area contributed by atoms with Crippen LogP contribution in [0.2, 0.25) is 0 Å². The molecule has 3 fully saturated rings. The van der Waals surface area contributed by atoms with Gasteiger partial charge in [-0.3, -0.25) is 9.80 Å². The van der Waals surface area contributed by atoms with Gasteiger partial charge in [0.25, 0.3) is 0 Å². The van der Waals surface area contributed by atoms with Crippen LogP contribution in [0.1, 0.15) is 0 Å². The van der Waals surface area contributed by atoms with Crippen LogP contribution in [0.25, 0.3) is 0 Å². The minimum Gasteiger partial charge on any atom is -0.304 e. The summed E-state index contributed by atoms with van der Waals surface area (Å²) in [4.78, 5) is 12.3. The molecule has 1 unspecified atom stereocenters. The summed E-state index contributed by atoms with van der Waals surface area (Å²) in [6.07, 6.45) is 0. The molecule has 1 atom stereocenters. The quantitative estimate of drug-likeness (QED) is 0.336. The van der Waals surface area contributed by atoms with Crippen molar-refractivity contribution < 1.29 is 17.1 Å². The minimum atomic E-state index is 0. The fourth-order valence-corrected chi connectivity index (χ4v) is 3.38. The average Bonchev–Trinajstić information content (AvgIpc) is 2.43. The van der Waals surface area contributed by atoms with E-state index in [1.807, 2.05) is 0 Å². The molecule has 0 aromatic heterocycles. The van der Waals surface area contributed by atoms with Crippen molar-refractivity contribution in [3.63, 3.8) is 0 Å². The average molecular weight is 373 g/mol. The van der Waals surface area contributed by atoms with E-state index in [1.165, 1.54) is 13.1 Å². The van der Waals surface area contributed by atoms with Gasteiger partial charge in [-0.25, -0.2) is 0 Å². The van der Waals surface area contributed by atoms with E-state index in [4.69, 9.17) is 11.6 Å². The monoisotopic (exact) mass is 372 g/mol. The molecule has 0 aromatic carbocycles. The Hall–Kier alpha value is 0.609. The van der Waals surface area contributed by atoms with Crippen LogP contribution >= 0.6 is 11.6 Å². The van der Waals surface area contributed by atoms with Gasteiger partial charge in [-0.1, -0.05) is 0 Å². The van der Waals surface area contributed by atoms with Gasteiger partial charge in [0.15, 0.2) is 0 Å². The molecule has 0 spiro atoms. The number of hydrogen-bond acceptors (Lipinski definition) is 5. The summed E-state index contributed by atoms with van der Waals surface area (Å²) in [6.45, 7) is 12.1. The summed E-state index contributed by atoms with van der Waals surface area (Å²) in [5.74, 6) is 0. The fraction of sp³-hybridized carbons (Fsp3) is 1.00. The van der Waals surface area contributed by atoms with E-state index in [2.05, 4.69) is 45.6 Å². The van der Waals surface area contributed by atoms with E-state index in [0.29, 0.717) is 0 Å². The summed E-state index contributed by atoms with van der Waals surface area (Å²) >= 11 is 6.69. The number of likely N-dealkylation sites (N-methyl/N-ethyl adjacent to an activating group) is 3. The predicted octanol–water partition coefficient (Wildman–Crippen LogP) is -0.0246. The Morgan fingerprint density at radius 1 is 0.636 bits per heavy atom. The van der Waals surface area contributed by atoms with Crippen molar-refractivity contribution in [2.24, 2.45) is 0 Å². The Balaban J connectivity index is 0.00000242. The first kappa shape index (κ1) is 20.7. The number of nitrogens with zero attached hydrogens (tertiary/aromatic N) is 5. The molecule has 7 heteroatoms. The normalized spacial score (nSPS) is 34.6. The van der Waals surface area contributed by atoms with Crippen molar-refractivity contribution >= 4 is 11.6 Å². The molecule has 131 valence electrons. The zero-order chi connectivity index (χ0) is 15.2. The molecular weight excluding hydrogens is 341 g/mol. The third-order valence-electron chi connectivity index (χ3n) is 4.79. The Morgan fingerprint density at radius 3 is 1.55 bits per heavy atom. The molecule has 1 radical (unpaired) electrons. The summed E-state index contributed by atoms with van der Waals surface area (Å²) < 4.78 is 0. The molecule has 5 nitrogen and oxygen atoms in total. The van der Waals surface area contributed by atoms with Gasteiger partial charge in [0.1, 0.15) is 0 Å². The van der Waals surface area contributed by atoms with Gasteiger partial charge in [0.2, 0.25) is 0 Å². The van der Waals surface area contributed by atoms with E-state index >= 15 is 0 Å². The first-order valence-corrected chi connectivity index (χ1v) is 8.64. The zero-order valence-corrected chi connectivity index (χ0v) is 16.3. The standard InChI is InChI=1S/C15H32ClN5.Mn/c1-17-4-9-20-10-5-18(2)8-13-21(12-7-17)15(16)14-19(3)6-11-20;/h15H,4-14H2,1-3H3;. The second-order valence-electron chi connectivity index (χ2n) is 6.68. The number of rotatable bonds is 0. The summed E-state index contributed by atoms with van der Waals surface area (Å²) in [5.41, 5.74) is 0.115. The topological polar surface area (TPSA) is 16.2 Å². The molecule has 0 saturated carbocycles. The van der Waals surface area contributed by atoms with E-state index in [9.17, 15) is 0 Å². The van der Waals surface area contributed by atoms with Gasteiger partial charge in [-0.15, -0.1) is 11.6 Å². The van der Waals surface area contributed by atoms with Crippen LogP contribution in [0.3, 0.4) is 0 Å². The molecule has 22 heavy (non-hydrogen) atoms. The molecule has 3 saturated heterocycles. The predicted molar refractivity (Wildman–Crippen MR) is 90.1 cm³/mol. The maximum atomic E-state index is 6.69. The van der Waals surface area contributed by atoms with Crippen molar-refractivity contribution in [3.8, 4) is 0 Å². The second-order valence-corrected chi connectivity index (χ2v) is 7.18. The van der Waals surface area contributed by atoms with Crippen LogP contribution in [0.15, 0.2) is 0 Å². The SMILES string of the molecule is CN1CCN2CCN(C)CCN(CC1)C(Cl)CN(C)CC2.[Mn]. The first-order chi connectivity index (χ1) is 10.0. The van der Waals surface area contributed by atoms with Crippen molar-refractivity contribution in [2.75, 3.05) is 93.1 Å². The van der Waals surface area contributed by atoms with Crippen LogP contribution in [0.4, 0.5) is 0 Å².